The Balaban J connectivity index is 2.20. The van der Waals surface area contributed by atoms with Crippen molar-refractivity contribution in [3.8, 4) is 0 Å². The minimum atomic E-state index is -0.141. The first-order valence-electron chi connectivity index (χ1n) is 7.71. The SMILES string of the molecule is CN(c1c(F)cccc1CNC(C)(C)C)C1CCOCC1. The number of nitrogens with one attached hydrogen (secondary N) is 1. The summed E-state index contributed by atoms with van der Waals surface area (Å²) in [6, 6.07) is 5.69. The highest BCUT2D eigenvalue weighted by molar-refractivity contribution is 5.55. The normalized spacial score (nSPS) is 17.0. The molecule has 0 aliphatic carbocycles. The molecule has 1 aromatic rings. The molecule has 0 aromatic heterocycles. The topological polar surface area (TPSA) is 24.5 Å². The number of benzene rings is 1. The maximum Gasteiger partial charge on any atom is 0.146 e. The third-order valence-electron chi connectivity index (χ3n) is 3.97. The van der Waals surface area contributed by atoms with Gasteiger partial charge in [0.05, 0.1) is 5.69 Å². The molecule has 1 aromatic carbocycles. The van der Waals surface area contributed by atoms with Gasteiger partial charge in [0.25, 0.3) is 0 Å². The van der Waals surface area contributed by atoms with Crippen molar-refractivity contribution in [1.82, 2.24) is 5.32 Å². The zero-order valence-electron chi connectivity index (χ0n) is 13.6. The molecule has 1 aliphatic heterocycles. The molecule has 1 heterocycles. The van der Waals surface area contributed by atoms with Gasteiger partial charge in [-0.3, -0.25) is 0 Å². The second kappa shape index (κ2) is 6.75. The molecule has 0 saturated carbocycles. The van der Waals surface area contributed by atoms with E-state index in [1.165, 1.54) is 0 Å². The van der Waals surface area contributed by atoms with Crippen molar-refractivity contribution in [1.29, 1.82) is 0 Å². The lowest BCUT2D eigenvalue weighted by Gasteiger charge is -2.34. The zero-order chi connectivity index (χ0) is 15.5. The van der Waals surface area contributed by atoms with Gasteiger partial charge < -0.3 is 15.0 Å². The Hall–Kier alpha value is -1.13. The summed E-state index contributed by atoms with van der Waals surface area (Å²) in [6.07, 6.45) is 1.91. The Morgan fingerprint density at radius 3 is 2.57 bits per heavy atom. The molecule has 2 rings (SSSR count). The largest absolute Gasteiger partial charge is 0.381 e. The van der Waals surface area contributed by atoms with Crippen LogP contribution in [0.5, 0.6) is 0 Å². The van der Waals surface area contributed by atoms with Crippen LogP contribution in [0.3, 0.4) is 0 Å². The van der Waals surface area contributed by atoms with Crippen molar-refractivity contribution in [3.63, 3.8) is 0 Å². The smallest absolute Gasteiger partial charge is 0.146 e. The molecule has 4 heteroatoms. The van der Waals surface area contributed by atoms with Crippen molar-refractivity contribution in [2.24, 2.45) is 0 Å². The van der Waals surface area contributed by atoms with Gasteiger partial charge in [0.15, 0.2) is 0 Å². The van der Waals surface area contributed by atoms with E-state index in [1.807, 2.05) is 13.1 Å². The van der Waals surface area contributed by atoms with Crippen molar-refractivity contribution < 1.29 is 9.13 Å². The average molecular weight is 294 g/mol. The Labute approximate surface area is 127 Å². The molecule has 1 N–H and O–H groups in total. The van der Waals surface area contributed by atoms with E-state index in [2.05, 4.69) is 31.0 Å². The van der Waals surface area contributed by atoms with Gasteiger partial charge in [-0.2, -0.15) is 0 Å². The molecule has 0 atom stereocenters. The molecule has 1 fully saturated rings. The van der Waals surface area contributed by atoms with E-state index in [0.29, 0.717) is 12.6 Å². The number of rotatable bonds is 4. The van der Waals surface area contributed by atoms with Crippen LogP contribution in [-0.2, 0) is 11.3 Å². The van der Waals surface area contributed by atoms with Crippen LogP contribution in [-0.4, -0.2) is 31.8 Å². The summed E-state index contributed by atoms with van der Waals surface area (Å²) < 4.78 is 19.8. The molecule has 0 amide bonds. The molecule has 0 radical (unpaired) electrons. The van der Waals surface area contributed by atoms with Crippen molar-refractivity contribution in [3.05, 3.63) is 29.6 Å². The first kappa shape index (κ1) is 16.2. The third kappa shape index (κ3) is 4.42. The van der Waals surface area contributed by atoms with E-state index in [-0.39, 0.29) is 11.4 Å². The van der Waals surface area contributed by atoms with E-state index in [9.17, 15) is 4.39 Å². The minimum Gasteiger partial charge on any atom is -0.381 e. The van der Waals surface area contributed by atoms with Crippen LogP contribution in [0.15, 0.2) is 18.2 Å². The van der Waals surface area contributed by atoms with Crippen LogP contribution in [0.25, 0.3) is 0 Å². The number of halogens is 1. The van der Waals surface area contributed by atoms with Gasteiger partial charge >= 0.3 is 0 Å². The van der Waals surface area contributed by atoms with E-state index in [1.54, 1.807) is 12.1 Å². The maximum atomic E-state index is 14.4. The minimum absolute atomic E-state index is 0.0147. The molecule has 1 aliphatic rings. The summed E-state index contributed by atoms with van der Waals surface area (Å²) in [5, 5.41) is 3.45. The van der Waals surface area contributed by atoms with Gasteiger partial charge in [0.2, 0.25) is 0 Å². The van der Waals surface area contributed by atoms with Crippen LogP contribution >= 0.6 is 0 Å². The summed E-state index contributed by atoms with van der Waals surface area (Å²) in [4.78, 5) is 2.09. The lowest BCUT2D eigenvalue weighted by Crippen LogP contribution is -2.39. The number of hydrogen-bond acceptors (Lipinski definition) is 3. The number of para-hydroxylation sites is 1. The Morgan fingerprint density at radius 2 is 1.95 bits per heavy atom. The summed E-state index contributed by atoms with van der Waals surface area (Å²) in [7, 11) is 2.00. The molecule has 0 bridgehead atoms. The predicted octanol–water partition coefficient (Wildman–Crippen LogP) is 3.33. The van der Waals surface area contributed by atoms with Crippen molar-refractivity contribution in [2.45, 2.75) is 51.7 Å². The molecule has 3 nitrogen and oxygen atoms in total. The fourth-order valence-corrected chi connectivity index (χ4v) is 2.71. The average Bonchev–Trinajstić information content (AvgIpc) is 2.44. The predicted molar refractivity (Wildman–Crippen MR) is 85.2 cm³/mol. The highest BCUT2D eigenvalue weighted by atomic mass is 19.1. The highest BCUT2D eigenvalue weighted by Gasteiger charge is 2.23. The van der Waals surface area contributed by atoms with Gasteiger partial charge in [-0.25, -0.2) is 4.39 Å². The van der Waals surface area contributed by atoms with Crippen LogP contribution < -0.4 is 10.2 Å². The monoisotopic (exact) mass is 294 g/mol. The molecular formula is C17H27FN2O. The standard InChI is InChI=1S/C17H27FN2O/c1-17(2,3)19-12-13-6-5-7-15(18)16(13)20(4)14-8-10-21-11-9-14/h5-7,14,19H,8-12H2,1-4H3. The Kier molecular flexibility index (Phi) is 5.22. The summed E-state index contributed by atoms with van der Waals surface area (Å²) in [5.41, 5.74) is 1.75. The number of nitrogens with zero attached hydrogens (tertiary/aromatic N) is 1. The van der Waals surface area contributed by atoms with E-state index < -0.39 is 0 Å². The highest BCUT2D eigenvalue weighted by Crippen LogP contribution is 2.28. The van der Waals surface area contributed by atoms with Gasteiger partial charge in [-0.1, -0.05) is 12.1 Å². The van der Waals surface area contributed by atoms with Gasteiger partial charge in [-0.15, -0.1) is 0 Å². The lowest BCUT2D eigenvalue weighted by atomic mass is 10.0. The number of hydrogen-bond donors (Lipinski definition) is 1. The molecular weight excluding hydrogens is 267 g/mol. The fourth-order valence-electron chi connectivity index (χ4n) is 2.71. The van der Waals surface area contributed by atoms with Gasteiger partial charge in [0, 0.05) is 38.4 Å². The van der Waals surface area contributed by atoms with Crippen LogP contribution in [0.1, 0.15) is 39.2 Å². The first-order chi connectivity index (χ1) is 9.88. The van der Waals surface area contributed by atoms with Crippen molar-refractivity contribution >= 4 is 5.69 Å². The summed E-state index contributed by atoms with van der Waals surface area (Å²) >= 11 is 0. The van der Waals surface area contributed by atoms with E-state index in [0.717, 1.165) is 37.3 Å². The molecule has 0 unspecified atom stereocenters. The fraction of sp³-hybridized carbons (Fsp3) is 0.647. The Morgan fingerprint density at radius 1 is 1.29 bits per heavy atom. The van der Waals surface area contributed by atoms with Crippen molar-refractivity contribution in [2.75, 3.05) is 25.2 Å². The zero-order valence-corrected chi connectivity index (χ0v) is 13.6. The molecule has 1 saturated heterocycles. The molecule has 118 valence electrons. The van der Waals surface area contributed by atoms with Gasteiger partial charge in [0.1, 0.15) is 5.82 Å². The Bertz CT molecular complexity index is 464. The van der Waals surface area contributed by atoms with Crippen LogP contribution in [0, 0.1) is 5.82 Å². The van der Waals surface area contributed by atoms with Crippen LogP contribution in [0.2, 0.25) is 0 Å². The summed E-state index contributed by atoms with van der Waals surface area (Å²) in [6.45, 7) is 8.55. The number of ether oxygens (including phenoxy) is 1. The third-order valence-corrected chi connectivity index (χ3v) is 3.97. The second-order valence-corrected chi connectivity index (χ2v) is 6.81. The quantitative estimate of drug-likeness (QED) is 0.922. The first-order valence-corrected chi connectivity index (χ1v) is 7.71. The van der Waals surface area contributed by atoms with E-state index >= 15 is 0 Å². The second-order valence-electron chi connectivity index (χ2n) is 6.81. The van der Waals surface area contributed by atoms with Crippen LogP contribution in [0.4, 0.5) is 10.1 Å². The molecule has 0 spiro atoms. The van der Waals surface area contributed by atoms with Gasteiger partial charge in [-0.05, 0) is 45.2 Å². The number of anilines is 1. The molecule has 21 heavy (non-hydrogen) atoms. The maximum absolute atomic E-state index is 14.4. The lowest BCUT2D eigenvalue weighted by molar-refractivity contribution is 0.0853. The summed E-state index contributed by atoms with van der Waals surface area (Å²) in [5.74, 6) is -0.141. The van der Waals surface area contributed by atoms with E-state index in [4.69, 9.17) is 4.74 Å².